The molecular weight excluding hydrogens is 541 g/mol. The maximum atomic E-state index is 14.9. The molecule has 42 heavy (non-hydrogen) atoms. The Bertz CT molecular complexity index is 1500. The quantitative estimate of drug-likeness (QED) is 0.306. The van der Waals surface area contributed by atoms with Gasteiger partial charge in [-0.15, -0.1) is 0 Å². The van der Waals surface area contributed by atoms with Gasteiger partial charge in [0.1, 0.15) is 17.0 Å². The van der Waals surface area contributed by atoms with E-state index in [-0.39, 0.29) is 23.2 Å². The highest BCUT2D eigenvalue weighted by Gasteiger charge is 2.59. The molecule has 220 valence electrons. The molecule has 4 rings (SSSR count). The van der Waals surface area contributed by atoms with Gasteiger partial charge in [0.25, 0.3) is 11.8 Å². The summed E-state index contributed by atoms with van der Waals surface area (Å²) in [4.78, 5) is 56.9. The first-order chi connectivity index (χ1) is 19.6. The van der Waals surface area contributed by atoms with E-state index in [2.05, 4.69) is 5.43 Å². The summed E-state index contributed by atoms with van der Waals surface area (Å²) >= 11 is 0. The van der Waals surface area contributed by atoms with Crippen LogP contribution < -0.4 is 5.43 Å². The van der Waals surface area contributed by atoms with E-state index in [1.807, 2.05) is 0 Å². The number of carbonyl (C=O) groups is 4. The highest BCUT2D eigenvalue weighted by Crippen LogP contribution is 2.44. The molecule has 0 fully saturated rings. The fraction of sp³-hybridized carbons (Fsp3) is 0.312. The first-order valence-corrected chi connectivity index (χ1v) is 13.4. The van der Waals surface area contributed by atoms with Gasteiger partial charge in [0, 0.05) is 11.1 Å². The van der Waals surface area contributed by atoms with E-state index in [1.54, 1.807) is 84.0 Å². The molecule has 1 N–H and O–H groups in total. The number of carbonyl (C=O) groups excluding carboxylic acids is 4. The number of imide groups is 1. The molecule has 0 unspecified atom stereocenters. The third-order valence-corrected chi connectivity index (χ3v) is 6.31. The number of halogens is 1. The second-order valence-electron chi connectivity index (χ2n) is 11.9. The van der Waals surface area contributed by atoms with Crippen molar-refractivity contribution in [3.8, 4) is 0 Å². The van der Waals surface area contributed by atoms with Gasteiger partial charge in [-0.25, -0.2) is 19.4 Å². The van der Waals surface area contributed by atoms with Gasteiger partial charge < -0.3 is 9.47 Å². The van der Waals surface area contributed by atoms with Crippen LogP contribution in [0.2, 0.25) is 0 Å². The Morgan fingerprint density at radius 1 is 0.833 bits per heavy atom. The highest BCUT2D eigenvalue weighted by molar-refractivity contribution is 6.15. The molecule has 1 aliphatic heterocycles. The summed E-state index contributed by atoms with van der Waals surface area (Å²) < 4.78 is 25.4. The molecule has 0 spiro atoms. The van der Waals surface area contributed by atoms with E-state index in [1.165, 1.54) is 24.3 Å². The lowest BCUT2D eigenvalue weighted by atomic mass is 9.75. The fourth-order valence-corrected chi connectivity index (χ4v) is 4.72. The van der Waals surface area contributed by atoms with Crippen molar-refractivity contribution in [3.63, 3.8) is 0 Å². The molecule has 0 bridgehead atoms. The van der Waals surface area contributed by atoms with Gasteiger partial charge in [-0.3, -0.25) is 14.5 Å². The Morgan fingerprint density at radius 3 is 2.00 bits per heavy atom. The van der Waals surface area contributed by atoms with Gasteiger partial charge in [0.05, 0.1) is 6.54 Å². The topological polar surface area (TPSA) is 105 Å². The van der Waals surface area contributed by atoms with E-state index in [0.29, 0.717) is 5.56 Å². The lowest BCUT2D eigenvalue weighted by Crippen LogP contribution is -2.68. The van der Waals surface area contributed by atoms with Crippen molar-refractivity contribution in [1.82, 2.24) is 15.3 Å². The number of nitrogens with one attached hydrogen (secondary N) is 1. The summed E-state index contributed by atoms with van der Waals surface area (Å²) in [6, 6.07) is 20.0. The highest BCUT2D eigenvalue weighted by atomic mass is 19.1. The average Bonchev–Trinajstić information content (AvgIpc) is 2.90. The van der Waals surface area contributed by atoms with Crippen LogP contribution >= 0.6 is 0 Å². The zero-order valence-corrected chi connectivity index (χ0v) is 24.4. The molecule has 9 nitrogen and oxygen atoms in total. The lowest BCUT2D eigenvalue weighted by molar-refractivity contribution is -0.143. The van der Waals surface area contributed by atoms with Gasteiger partial charge in [0.2, 0.25) is 0 Å². The predicted molar refractivity (Wildman–Crippen MR) is 152 cm³/mol. The molecule has 1 atom stereocenters. The zero-order valence-electron chi connectivity index (χ0n) is 24.4. The van der Waals surface area contributed by atoms with Gasteiger partial charge in [-0.05, 0) is 70.9 Å². The predicted octanol–water partition coefficient (Wildman–Crippen LogP) is 5.93. The normalized spacial score (nSPS) is 16.9. The monoisotopic (exact) mass is 575 g/mol. The molecular formula is C32H34FN3O6. The molecule has 3 aromatic carbocycles. The van der Waals surface area contributed by atoms with Crippen LogP contribution in [0.1, 0.15) is 68.6 Å². The van der Waals surface area contributed by atoms with Crippen LogP contribution in [0.3, 0.4) is 0 Å². The van der Waals surface area contributed by atoms with Crippen LogP contribution in [0.5, 0.6) is 0 Å². The van der Waals surface area contributed by atoms with Crippen LogP contribution in [0.25, 0.3) is 0 Å². The third-order valence-electron chi connectivity index (χ3n) is 6.31. The molecule has 3 aromatic rings. The molecule has 1 aliphatic rings. The molecule has 0 aliphatic carbocycles. The molecule has 4 amide bonds. The summed E-state index contributed by atoms with van der Waals surface area (Å²) in [6.07, 6.45) is -2.15. The molecule has 0 radical (unpaired) electrons. The van der Waals surface area contributed by atoms with Crippen molar-refractivity contribution < 1.29 is 33.0 Å². The Kier molecular flexibility index (Phi) is 8.11. The van der Waals surface area contributed by atoms with Crippen molar-refractivity contribution in [1.29, 1.82) is 0 Å². The Labute approximate surface area is 244 Å². The second-order valence-corrected chi connectivity index (χ2v) is 11.9. The molecule has 0 saturated carbocycles. The van der Waals surface area contributed by atoms with E-state index >= 15 is 0 Å². The first-order valence-electron chi connectivity index (χ1n) is 13.4. The van der Waals surface area contributed by atoms with Crippen molar-refractivity contribution in [3.05, 3.63) is 107 Å². The number of amides is 4. The van der Waals surface area contributed by atoms with Crippen molar-refractivity contribution >= 4 is 24.0 Å². The smallest absolute Gasteiger partial charge is 0.431 e. The molecule has 1 heterocycles. The van der Waals surface area contributed by atoms with Gasteiger partial charge in [-0.2, -0.15) is 5.01 Å². The fourth-order valence-electron chi connectivity index (χ4n) is 4.72. The minimum absolute atomic E-state index is 0.0952. The van der Waals surface area contributed by atoms with Gasteiger partial charge >= 0.3 is 12.2 Å². The van der Waals surface area contributed by atoms with Crippen LogP contribution in [-0.4, -0.2) is 45.1 Å². The Balaban J connectivity index is 2.04. The van der Waals surface area contributed by atoms with E-state index in [4.69, 9.17) is 9.47 Å². The standard InChI is InChI=1S/C32H34FN3O6/c1-30(2,3)41-28(39)34-36(29(40)42-31(4,5)6)32(22-16-18-23(33)19-17-22)25-15-11-10-14-24(25)26(37)35(27(32)38)20-21-12-8-7-9-13-21/h7-19H,20H2,1-6H3,(H,34,39)/t32-/m0/s1. The number of benzene rings is 3. The van der Waals surface area contributed by atoms with Crippen LogP contribution in [0, 0.1) is 5.82 Å². The largest absolute Gasteiger partial charge is 0.443 e. The maximum absolute atomic E-state index is 14.9. The van der Waals surface area contributed by atoms with Gasteiger partial charge in [0.15, 0.2) is 5.54 Å². The number of fused-ring (bicyclic) bond motifs is 1. The van der Waals surface area contributed by atoms with Crippen LogP contribution in [-0.2, 0) is 26.4 Å². The summed E-state index contributed by atoms with van der Waals surface area (Å²) in [5.74, 6) is -2.05. The third kappa shape index (κ3) is 6.12. The van der Waals surface area contributed by atoms with Gasteiger partial charge in [-0.1, -0.05) is 60.7 Å². The molecule has 0 aromatic heterocycles. The Hall–Kier alpha value is -4.73. The number of nitrogens with zero attached hydrogens (tertiary/aromatic N) is 2. The maximum Gasteiger partial charge on any atom is 0.431 e. The minimum Gasteiger partial charge on any atom is -0.443 e. The van der Waals surface area contributed by atoms with E-state index in [9.17, 15) is 23.6 Å². The minimum atomic E-state index is -2.20. The van der Waals surface area contributed by atoms with Crippen molar-refractivity contribution in [2.24, 2.45) is 0 Å². The zero-order chi connectivity index (χ0) is 30.9. The average molecular weight is 576 g/mol. The molecule has 10 heteroatoms. The van der Waals surface area contributed by atoms with Crippen molar-refractivity contribution in [2.75, 3.05) is 0 Å². The SMILES string of the molecule is CC(C)(C)OC(=O)NN(C(=O)OC(C)(C)C)[C@]1(c2ccc(F)cc2)C(=O)N(Cc2ccccc2)C(=O)c2ccccc21. The summed E-state index contributed by atoms with van der Waals surface area (Å²) in [5, 5.41) is 0.741. The van der Waals surface area contributed by atoms with Crippen LogP contribution in [0.15, 0.2) is 78.9 Å². The number of ether oxygens (including phenoxy) is 2. The lowest BCUT2D eigenvalue weighted by Gasteiger charge is -2.47. The Morgan fingerprint density at radius 2 is 1.40 bits per heavy atom. The number of hydrazine groups is 1. The number of hydrogen-bond donors (Lipinski definition) is 1. The summed E-state index contributed by atoms with van der Waals surface area (Å²) in [5.41, 5.74) is -0.821. The van der Waals surface area contributed by atoms with E-state index in [0.717, 1.165) is 22.0 Å². The van der Waals surface area contributed by atoms with E-state index < -0.39 is 46.6 Å². The van der Waals surface area contributed by atoms with Crippen molar-refractivity contribution in [2.45, 2.75) is 64.8 Å². The summed E-state index contributed by atoms with van der Waals surface area (Å²) in [7, 11) is 0. The molecule has 0 saturated heterocycles. The number of rotatable bonds is 4. The number of hydrogen-bond acceptors (Lipinski definition) is 6. The first kappa shape index (κ1) is 30.2. The van der Waals surface area contributed by atoms with Crippen LogP contribution in [0.4, 0.5) is 14.0 Å². The second kappa shape index (κ2) is 11.3. The summed E-state index contributed by atoms with van der Waals surface area (Å²) in [6.45, 7) is 9.67.